The first-order valence-corrected chi connectivity index (χ1v) is 6.14. The molecule has 0 saturated heterocycles. The van der Waals surface area contributed by atoms with E-state index in [0.29, 0.717) is 5.56 Å². The Bertz CT molecular complexity index is 737. The van der Waals surface area contributed by atoms with E-state index in [1.54, 1.807) is 6.92 Å². The van der Waals surface area contributed by atoms with E-state index in [1.807, 2.05) is 0 Å². The van der Waals surface area contributed by atoms with Gasteiger partial charge >= 0.3 is 5.69 Å². The molecule has 0 saturated carbocycles. The van der Waals surface area contributed by atoms with Crippen LogP contribution in [0.1, 0.15) is 15.9 Å². The van der Waals surface area contributed by atoms with Gasteiger partial charge in [0.2, 0.25) is 5.82 Å². The first-order valence-electron chi connectivity index (χ1n) is 5.77. The Morgan fingerprint density at radius 2 is 2.10 bits per heavy atom. The number of nitro groups is 1. The number of benzene rings is 1. The van der Waals surface area contributed by atoms with Crippen LogP contribution in [0.2, 0.25) is 5.15 Å². The summed E-state index contributed by atoms with van der Waals surface area (Å²) in [5.41, 5.74) is 0.206. The van der Waals surface area contributed by atoms with Crippen molar-refractivity contribution in [2.24, 2.45) is 0 Å². The molecule has 1 amide bonds. The SMILES string of the molecule is Cc1cc(F)ccc1C(=O)Nc1nc(Cl)ccc1[N+](=O)[O-]. The number of nitrogens with zero attached hydrogens (tertiary/aromatic N) is 2. The third-order valence-corrected chi connectivity index (χ3v) is 2.91. The number of aryl methyl sites for hydroxylation is 1. The van der Waals surface area contributed by atoms with Crippen LogP contribution in [0.25, 0.3) is 0 Å². The summed E-state index contributed by atoms with van der Waals surface area (Å²) in [5.74, 6) is -1.37. The molecule has 2 aromatic rings. The third kappa shape index (κ3) is 3.32. The molecule has 0 aliphatic heterocycles. The zero-order valence-electron chi connectivity index (χ0n) is 10.8. The normalized spacial score (nSPS) is 10.2. The van der Waals surface area contributed by atoms with Crippen LogP contribution in [0.3, 0.4) is 0 Å². The van der Waals surface area contributed by atoms with Gasteiger partial charge in [0.05, 0.1) is 4.92 Å². The molecule has 1 N–H and O–H groups in total. The topological polar surface area (TPSA) is 85.1 Å². The van der Waals surface area contributed by atoms with Crippen LogP contribution in [0.15, 0.2) is 30.3 Å². The highest BCUT2D eigenvalue weighted by Gasteiger charge is 2.19. The highest BCUT2D eigenvalue weighted by atomic mass is 35.5. The highest BCUT2D eigenvalue weighted by Crippen LogP contribution is 2.24. The Hall–Kier alpha value is -2.54. The third-order valence-electron chi connectivity index (χ3n) is 2.70. The largest absolute Gasteiger partial charge is 0.311 e. The van der Waals surface area contributed by atoms with Gasteiger partial charge in [-0.15, -0.1) is 0 Å². The predicted molar refractivity (Wildman–Crippen MR) is 75.0 cm³/mol. The van der Waals surface area contributed by atoms with Crippen LogP contribution in [0.5, 0.6) is 0 Å². The predicted octanol–water partition coefficient (Wildman–Crippen LogP) is 3.34. The van der Waals surface area contributed by atoms with Gasteiger partial charge in [-0.3, -0.25) is 14.9 Å². The highest BCUT2D eigenvalue weighted by molar-refractivity contribution is 6.29. The van der Waals surface area contributed by atoms with Gasteiger partial charge in [-0.25, -0.2) is 9.37 Å². The van der Waals surface area contributed by atoms with Gasteiger partial charge in [0.1, 0.15) is 11.0 Å². The maximum absolute atomic E-state index is 13.0. The molecular weight excluding hydrogens is 301 g/mol. The van der Waals surface area contributed by atoms with Crippen LogP contribution >= 0.6 is 11.6 Å². The summed E-state index contributed by atoms with van der Waals surface area (Å²) in [6, 6.07) is 5.99. The number of carbonyl (C=O) groups excluding carboxylic acids is 1. The standard InChI is InChI=1S/C13H9ClFN3O3/c1-7-6-8(15)2-3-9(7)13(19)17-12-10(18(20)21)4-5-11(14)16-12/h2-6H,1H3,(H,16,17,19). The number of rotatable bonds is 3. The lowest BCUT2D eigenvalue weighted by Gasteiger charge is -2.07. The van der Waals surface area contributed by atoms with E-state index in [1.165, 1.54) is 18.2 Å². The Morgan fingerprint density at radius 1 is 1.38 bits per heavy atom. The van der Waals surface area contributed by atoms with Crippen molar-refractivity contribution < 1.29 is 14.1 Å². The van der Waals surface area contributed by atoms with Gasteiger partial charge in [0.15, 0.2) is 0 Å². The van der Waals surface area contributed by atoms with Gasteiger partial charge in [-0.2, -0.15) is 0 Å². The minimum absolute atomic E-state index is 0.00623. The van der Waals surface area contributed by atoms with Crippen molar-refractivity contribution in [2.45, 2.75) is 6.92 Å². The molecule has 1 aromatic heterocycles. The van der Waals surface area contributed by atoms with E-state index in [0.717, 1.165) is 12.1 Å². The van der Waals surface area contributed by atoms with Crippen molar-refractivity contribution in [1.29, 1.82) is 0 Å². The molecule has 0 fully saturated rings. The Kier molecular flexibility index (Phi) is 4.13. The van der Waals surface area contributed by atoms with E-state index < -0.39 is 16.6 Å². The first kappa shape index (κ1) is 14.9. The summed E-state index contributed by atoms with van der Waals surface area (Å²) in [7, 11) is 0. The van der Waals surface area contributed by atoms with Crippen molar-refractivity contribution in [3.8, 4) is 0 Å². The summed E-state index contributed by atoms with van der Waals surface area (Å²) < 4.78 is 13.0. The van der Waals surface area contributed by atoms with Crippen LogP contribution < -0.4 is 5.32 Å². The van der Waals surface area contributed by atoms with Crippen LogP contribution in [0.4, 0.5) is 15.9 Å². The Morgan fingerprint density at radius 3 is 2.71 bits per heavy atom. The minimum Gasteiger partial charge on any atom is -0.301 e. The van der Waals surface area contributed by atoms with E-state index in [-0.39, 0.29) is 22.2 Å². The van der Waals surface area contributed by atoms with Gasteiger partial charge in [0, 0.05) is 11.6 Å². The molecule has 0 spiro atoms. The number of halogens is 2. The lowest BCUT2D eigenvalue weighted by atomic mass is 10.1. The zero-order valence-corrected chi connectivity index (χ0v) is 11.5. The van der Waals surface area contributed by atoms with Crippen molar-refractivity contribution in [3.63, 3.8) is 0 Å². The molecule has 8 heteroatoms. The average Bonchev–Trinajstić information content (AvgIpc) is 2.37. The number of anilines is 1. The zero-order chi connectivity index (χ0) is 15.6. The minimum atomic E-state index is -0.684. The molecule has 0 unspecified atom stereocenters. The van der Waals surface area contributed by atoms with Crippen molar-refractivity contribution in [1.82, 2.24) is 4.98 Å². The molecule has 1 heterocycles. The van der Waals surface area contributed by atoms with Crippen LogP contribution in [-0.2, 0) is 0 Å². The molecular formula is C13H9ClFN3O3. The second-order valence-corrected chi connectivity index (χ2v) is 4.56. The number of carbonyl (C=O) groups is 1. The molecule has 108 valence electrons. The number of pyridine rings is 1. The van der Waals surface area contributed by atoms with E-state index in [9.17, 15) is 19.3 Å². The molecule has 0 aliphatic rings. The van der Waals surface area contributed by atoms with Gasteiger partial charge in [-0.05, 0) is 36.8 Å². The van der Waals surface area contributed by atoms with Gasteiger partial charge < -0.3 is 5.32 Å². The van der Waals surface area contributed by atoms with Gasteiger partial charge in [-0.1, -0.05) is 11.6 Å². The fourth-order valence-electron chi connectivity index (χ4n) is 1.72. The maximum atomic E-state index is 13.0. The number of amides is 1. The summed E-state index contributed by atoms with van der Waals surface area (Å²) in [6.07, 6.45) is 0. The second-order valence-electron chi connectivity index (χ2n) is 4.17. The molecule has 6 nitrogen and oxygen atoms in total. The van der Waals surface area contributed by atoms with Crippen molar-refractivity contribution in [3.05, 3.63) is 62.5 Å². The van der Waals surface area contributed by atoms with Crippen LogP contribution in [0, 0.1) is 22.9 Å². The molecule has 2 rings (SSSR count). The summed E-state index contributed by atoms with van der Waals surface area (Å²) in [5, 5.41) is 13.2. The number of hydrogen-bond acceptors (Lipinski definition) is 4. The average molecular weight is 310 g/mol. The van der Waals surface area contributed by atoms with E-state index >= 15 is 0 Å². The second kappa shape index (κ2) is 5.84. The molecule has 21 heavy (non-hydrogen) atoms. The lowest BCUT2D eigenvalue weighted by molar-refractivity contribution is -0.384. The van der Waals surface area contributed by atoms with Crippen LogP contribution in [-0.4, -0.2) is 15.8 Å². The van der Waals surface area contributed by atoms with Crippen molar-refractivity contribution >= 4 is 29.0 Å². The van der Waals surface area contributed by atoms with E-state index in [2.05, 4.69) is 10.3 Å². The fraction of sp³-hybridized carbons (Fsp3) is 0.0769. The number of aromatic nitrogens is 1. The molecule has 0 aliphatic carbocycles. The Labute approximate surface area is 123 Å². The number of hydrogen-bond donors (Lipinski definition) is 1. The quantitative estimate of drug-likeness (QED) is 0.535. The maximum Gasteiger partial charge on any atom is 0.311 e. The summed E-state index contributed by atoms with van der Waals surface area (Å²) in [6.45, 7) is 1.55. The Balaban J connectivity index is 2.35. The molecule has 1 aromatic carbocycles. The van der Waals surface area contributed by atoms with Crippen molar-refractivity contribution in [2.75, 3.05) is 5.32 Å². The smallest absolute Gasteiger partial charge is 0.301 e. The molecule has 0 atom stereocenters. The summed E-state index contributed by atoms with van der Waals surface area (Å²) >= 11 is 5.67. The van der Waals surface area contributed by atoms with Gasteiger partial charge in [0.25, 0.3) is 5.91 Å². The van der Waals surface area contributed by atoms with E-state index in [4.69, 9.17) is 11.6 Å². The summed E-state index contributed by atoms with van der Waals surface area (Å²) in [4.78, 5) is 26.0. The first-order chi connectivity index (χ1) is 9.88. The molecule has 0 bridgehead atoms. The fourth-order valence-corrected chi connectivity index (χ4v) is 1.87. The monoisotopic (exact) mass is 309 g/mol. The molecule has 0 radical (unpaired) electrons. The number of nitrogens with one attached hydrogen (secondary N) is 1. The lowest BCUT2D eigenvalue weighted by Crippen LogP contribution is -2.15.